The van der Waals surface area contributed by atoms with Gasteiger partial charge in [-0.1, -0.05) is 35.9 Å². The van der Waals surface area contributed by atoms with Gasteiger partial charge in [0.1, 0.15) is 16.8 Å². The van der Waals surface area contributed by atoms with Crippen molar-refractivity contribution in [2.75, 3.05) is 7.11 Å². The molecule has 2 aromatic heterocycles. The molecule has 5 aromatic rings. The molecule has 5 rings (SSSR count). The Morgan fingerprint density at radius 3 is 2.43 bits per heavy atom. The molecule has 0 atom stereocenters. The molecule has 0 amide bonds. The van der Waals surface area contributed by atoms with Gasteiger partial charge in [-0.25, -0.2) is 4.98 Å². The van der Waals surface area contributed by atoms with E-state index < -0.39 is 11.7 Å². The van der Waals surface area contributed by atoms with Crippen molar-refractivity contribution in [1.29, 1.82) is 0 Å². The number of rotatable bonds is 5. The van der Waals surface area contributed by atoms with Crippen LogP contribution in [-0.4, -0.2) is 21.2 Å². The van der Waals surface area contributed by atoms with Gasteiger partial charge < -0.3 is 9.30 Å². The molecule has 8 heteroatoms. The van der Waals surface area contributed by atoms with Gasteiger partial charge in [0.15, 0.2) is 0 Å². The third kappa shape index (κ3) is 4.27. The van der Waals surface area contributed by atoms with Gasteiger partial charge in [-0.2, -0.15) is 13.2 Å². The van der Waals surface area contributed by atoms with E-state index in [4.69, 9.17) is 4.74 Å². The number of alkyl halides is 3. The molecule has 0 aliphatic carbocycles. The summed E-state index contributed by atoms with van der Waals surface area (Å²) >= 11 is 0. The maximum Gasteiger partial charge on any atom is 0.416 e. The number of aryl methyl sites for hydroxylation is 1. The maximum absolute atomic E-state index is 13.7. The third-order valence-corrected chi connectivity index (χ3v) is 6.06. The zero-order chi connectivity index (χ0) is 24.7. The van der Waals surface area contributed by atoms with Gasteiger partial charge in [0, 0.05) is 11.9 Å². The molecule has 5 nitrogen and oxygen atoms in total. The molecule has 0 saturated heterocycles. The third-order valence-electron chi connectivity index (χ3n) is 6.06. The van der Waals surface area contributed by atoms with E-state index in [1.54, 1.807) is 17.7 Å². The SMILES string of the molecule is COc1cccc(Cn2cnc3c4cc(C)ccc4n(Cc4cccc(C(F)(F)F)c4)c3c2=O)c1. The molecule has 178 valence electrons. The second kappa shape index (κ2) is 8.61. The van der Waals surface area contributed by atoms with E-state index in [-0.39, 0.29) is 18.6 Å². The van der Waals surface area contributed by atoms with E-state index in [0.29, 0.717) is 22.3 Å². The van der Waals surface area contributed by atoms with Gasteiger partial charge >= 0.3 is 6.18 Å². The van der Waals surface area contributed by atoms with Crippen molar-refractivity contribution < 1.29 is 17.9 Å². The largest absolute Gasteiger partial charge is 0.497 e. The van der Waals surface area contributed by atoms with Crippen molar-refractivity contribution >= 4 is 21.9 Å². The summed E-state index contributed by atoms with van der Waals surface area (Å²) in [5.74, 6) is 0.679. The molecule has 0 radical (unpaired) electrons. The van der Waals surface area contributed by atoms with Crippen LogP contribution in [0.1, 0.15) is 22.3 Å². The quantitative estimate of drug-likeness (QED) is 0.322. The zero-order valence-electron chi connectivity index (χ0n) is 19.1. The summed E-state index contributed by atoms with van der Waals surface area (Å²) in [6.07, 6.45) is -2.93. The van der Waals surface area contributed by atoms with E-state index in [2.05, 4.69) is 4.98 Å². The molecular weight excluding hydrogens is 455 g/mol. The molecule has 0 bridgehead atoms. The number of fused-ring (bicyclic) bond motifs is 3. The van der Waals surface area contributed by atoms with Crippen LogP contribution >= 0.6 is 0 Å². The molecule has 0 unspecified atom stereocenters. The monoisotopic (exact) mass is 477 g/mol. The fraction of sp³-hybridized carbons (Fsp3) is 0.185. The lowest BCUT2D eigenvalue weighted by atomic mass is 10.1. The Balaban J connectivity index is 1.68. The lowest BCUT2D eigenvalue weighted by Crippen LogP contribution is -2.23. The number of ether oxygens (including phenoxy) is 1. The minimum atomic E-state index is -4.45. The molecular formula is C27H22F3N3O2. The smallest absolute Gasteiger partial charge is 0.416 e. The predicted octanol–water partition coefficient (Wildman–Crippen LogP) is 5.78. The number of hydrogen-bond donors (Lipinski definition) is 0. The van der Waals surface area contributed by atoms with Gasteiger partial charge in [-0.05, 0) is 54.4 Å². The lowest BCUT2D eigenvalue weighted by Gasteiger charge is -2.12. The molecule has 0 N–H and O–H groups in total. The van der Waals surface area contributed by atoms with Crippen LogP contribution in [0.4, 0.5) is 13.2 Å². The first-order valence-electron chi connectivity index (χ1n) is 11.0. The molecule has 0 saturated carbocycles. The molecule has 0 spiro atoms. The van der Waals surface area contributed by atoms with Gasteiger partial charge in [0.2, 0.25) is 0 Å². The number of aromatic nitrogens is 3. The molecule has 3 aromatic carbocycles. The van der Waals surface area contributed by atoms with Crippen molar-refractivity contribution in [3.05, 3.63) is 106 Å². The highest BCUT2D eigenvalue weighted by molar-refractivity contribution is 6.05. The van der Waals surface area contributed by atoms with Gasteiger partial charge in [0.05, 0.1) is 31.1 Å². The Bertz CT molecular complexity index is 1620. The van der Waals surface area contributed by atoms with E-state index in [1.807, 2.05) is 49.4 Å². The van der Waals surface area contributed by atoms with Crippen LogP contribution in [-0.2, 0) is 19.3 Å². The van der Waals surface area contributed by atoms with Crippen LogP contribution in [0, 0.1) is 6.92 Å². The van der Waals surface area contributed by atoms with Crippen LogP contribution < -0.4 is 10.3 Å². The fourth-order valence-corrected chi connectivity index (χ4v) is 4.39. The standard InChI is InChI=1S/C27H22F3N3O2/c1-17-9-10-23-22(11-17)24-25(33(23)15-18-5-3-7-20(12-18)27(28,29)30)26(34)32(16-31-24)14-19-6-4-8-21(13-19)35-2/h3-13,16H,14-15H2,1-2H3. The first-order chi connectivity index (χ1) is 16.7. The molecule has 0 aliphatic heterocycles. The van der Waals surface area contributed by atoms with Crippen molar-refractivity contribution in [1.82, 2.24) is 14.1 Å². The summed E-state index contributed by atoms with van der Waals surface area (Å²) in [5, 5.41) is 0.789. The molecule has 2 heterocycles. The van der Waals surface area contributed by atoms with Crippen LogP contribution in [0.2, 0.25) is 0 Å². The van der Waals surface area contributed by atoms with Crippen molar-refractivity contribution in [3.8, 4) is 5.75 Å². The number of halogens is 3. The van der Waals surface area contributed by atoms with Crippen LogP contribution in [0.5, 0.6) is 5.75 Å². The number of hydrogen-bond acceptors (Lipinski definition) is 3. The highest BCUT2D eigenvalue weighted by Gasteiger charge is 2.30. The number of nitrogens with zero attached hydrogens (tertiary/aromatic N) is 3. The van der Waals surface area contributed by atoms with E-state index >= 15 is 0 Å². The second-order valence-corrected chi connectivity index (χ2v) is 8.53. The Labute approximate surface area is 199 Å². The van der Waals surface area contributed by atoms with Crippen LogP contribution in [0.15, 0.2) is 77.9 Å². The predicted molar refractivity (Wildman–Crippen MR) is 129 cm³/mol. The average Bonchev–Trinajstić information content (AvgIpc) is 3.13. The van der Waals surface area contributed by atoms with E-state index in [1.165, 1.54) is 17.0 Å². The van der Waals surface area contributed by atoms with E-state index in [9.17, 15) is 18.0 Å². The normalized spacial score (nSPS) is 11.9. The summed E-state index contributed by atoms with van der Waals surface area (Å²) in [6, 6.07) is 18.3. The molecule has 0 fully saturated rings. The second-order valence-electron chi connectivity index (χ2n) is 8.53. The molecule has 35 heavy (non-hydrogen) atoms. The van der Waals surface area contributed by atoms with Crippen molar-refractivity contribution in [2.24, 2.45) is 0 Å². The minimum absolute atomic E-state index is 0.104. The number of methoxy groups -OCH3 is 1. The Kier molecular flexibility index (Phi) is 5.59. The maximum atomic E-state index is 13.7. The Morgan fingerprint density at radius 1 is 0.943 bits per heavy atom. The number of benzene rings is 3. The highest BCUT2D eigenvalue weighted by Crippen LogP contribution is 2.31. The van der Waals surface area contributed by atoms with Crippen LogP contribution in [0.3, 0.4) is 0 Å². The van der Waals surface area contributed by atoms with Crippen LogP contribution in [0.25, 0.3) is 21.9 Å². The van der Waals surface area contributed by atoms with Gasteiger partial charge in [-0.3, -0.25) is 9.36 Å². The zero-order valence-corrected chi connectivity index (χ0v) is 19.1. The first-order valence-corrected chi connectivity index (χ1v) is 11.0. The Morgan fingerprint density at radius 2 is 1.69 bits per heavy atom. The summed E-state index contributed by atoms with van der Waals surface area (Å²) in [4.78, 5) is 18.3. The summed E-state index contributed by atoms with van der Waals surface area (Å²) in [7, 11) is 1.58. The lowest BCUT2D eigenvalue weighted by molar-refractivity contribution is -0.137. The Hall–Kier alpha value is -4.07. The van der Waals surface area contributed by atoms with Gasteiger partial charge in [0.25, 0.3) is 5.56 Å². The first kappa shape index (κ1) is 22.7. The minimum Gasteiger partial charge on any atom is -0.497 e. The highest BCUT2D eigenvalue weighted by atomic mass is 19.4. The van der Waals surface area contributed by atoms with Crippen molar-refractivity contribution in [2.45, 2.75) is 26.2 Å². The summed E-state index contributed by atoms with van der Waals surface area (Å²) < 4.78 is 48.4. The average molecular weight is 477 g/mol. The summed E-state index contributed by atoms with van der Waals surface area (Å²) in [6.45, 7) is 2.33. The molecule has 0 aliphatic rings. The summed E-state index contributed by atoms with van der Waals surface area (Å²) in [5.41, 5.74) is 2.95. The van der Waals surface area contributed by atoms with Crippen molar-refractivity contribution in [3.63, 3.8) is 0 Å². The topological polar surface area (TPSA) is 49.0 Å². The van der Waals surface area contributed by atoms with E-state index in [0.717, 1.165) is 34.2 Å². The van der Waals surface area contributed by atoms with Gasteiger partial charge in [-0.15, -0.1) is 0 Å². The fourth-order valence-electron chi connectivity index (χ4n) is 4.39.